The predicted octanol–water partition coefficient (Wildman–Crippen LogP) is 3.13. The lowest BCUT2D eigenvalue weighted by molar-refractivity contribution is -0.136. The number of fused-ring (bicyclic) bond motifs is 1. The highest BCUT2D eigenvalue weighted by atomic mass is 32.1. The summed E-state index contributed by atoms with van der Waals surface area (Å²) >= 11 is 2.82. The van der Waals surface area contributed by atoms with E-state index in [9.17, 15) is 9.59 Å². The van der Waals surface area contributed by atoms with Crippen molar-refractivity contribution in [3.8, 4) is 0 Å². The minimum atomic E-state index is -0.529. The Kier molecular flexibility index (Phi) is 5.42. The summed E-state index contributed by atoms with van der Waals surface area (Å²) < 4.78 is 7.14. The van der Waals surface area contributed by atoms with Crippen LogP contribution in [-0.2, 0) is 9.53 Å². The molecule has 1 aliphatic heterocycles. The molecule has 3 heterocycles. The van der Waals surface area contributed by atoms with Gasteiger partial charge in [0.05, 0.1) is 22.9 Å². The van der Waals surface area contributed by atoms with Gasteiger partial charge in [0.1, 0.15) is 6.04 Å². The van der Waals surface area contributed by atoms with E-state index >= 15 is 0 Å². The summed E-state index contributed by atoms with van der Waals surface area (Å²) in [5.41, 5.74) is 1.85. The zero-order valence-corrected chi connectivity index (χ0v) is 17.5. The van der Waals surface area contributed by atoms with Crippen LogP contribution in [0.3, 0.4) is 0 Å². The molecule has 1 aromatic carbocycles. The molecular weight excluding hydrogens is 404 g/mol. The number of hydrogen-bond donors (Lipinski definition) is 0. The van der Waals surface area contributed by atoms with Gasteiger partial charge in [-0.3, -0.25) is 9.36 Å². The molecule has 29 heavy (non-hydrogen) atoms. The van der Waals surface area contributed by atoms with Gasteiger partial charge in [0.15, 0.2) is 4.80 Å². The number of nitrogens with zero attached hydrogens (tertiary/aromatic N) is 2. The Labute approximate surface area is 175 Å². The zero-order valence-electron chi connectivity index (χ0n) is 15.9. The Hall–Kier alpha value is -3.03. The Morgan fingerprint density at radius 1 is 1.21 bits per heavy atom. The summed E-state index contributed by atoms with van der Waals surface area (Å²) in [6.45, 7) is 1.78. The van der Waals surface area contributed by atoms with Gasteiger partial charge >= 0.3 is 5.97 Å². The zero-order chi connectivity index (χ0) is 20.4. The van der Waals surface area contributed by atoms with Gasteiger partial charge in [0, 0.05) is 4.88 Å². The third-order valence-electron chi connectivity index (χ3n) is 4.58. The van der Waals surface area contributed by atoms with E-state index in [-0.39, 0.29) is 5.56 Å². The molecule has 2 aromatic heterocycles. The van der Waals surface area contributed by atoms with Gasteiger partial charge in [0.2, 0.25) is 0 Å². The normalized spacial score (nSPS) is 16.8. The topological polar surface area (TPSA) is 60.7 Å². The van der Waals surface area contributed by atoms with Gasteiger partial charge in [-0.05, 0) is 30.0 Å². The second-order valence-corrected chi connectivity index (χ2v) is 8.37. The Bertz CT molecular complexity index is 1280. The molecule has 0 saturated carbocycles. The highest BCUT2D eigenvalue weighted by Gasteiger charge is 2.33. The number of esters is 1. The smallest absolute Gasteiger partial charge is 0.338 e. The first-order valence-corrected chi connectivity index (χ1v) is 10.7. The van der Waals surface area contributed by atoms with Crippen molar-refractivity contribution >= 4 is 40.8 Å². The fourth-order valence-corrected chi connectivity index (χ4v) is 5.06. The van der Waals surface area contributed by atoms with Crippen LogP contribution in [0, 0.1) is 0 Å². The van der Waals surface area contributed by atoms with Crippen molar-refractivity contribution in [1.29, 1.82) is 0 Å². The van der Waals surface area contributed by atoms with Crippen LogP contribution >= 0.6 is 22.7 Å². The first-order chi connectivity index (χ1) is 14.1. The summed E-state index contributed by atoms with van der Waals surface area (Å²) in [6.07, 6.45) is 5.59. The van der Waals surface area contributed by atoms with Crippen molar-refractivity contribution in [2.75, 3.05) is 7.11 Å². The fraction of sp³-hybridized carbons (Fsp3) is 0.136. The number of ether oxygens (including phenoxy) is 1. The molecule has 0 bridgehead atoms. The first kappa shape index (κ1) is 19.3. The van der Waals surface area contributed by atoms with Crippen LogP contribution in [0.15, 0.2) is 75.0 Å². The van der Waals surface area contributed by atoms with Crippen molar-refractivity contribution in [2.45, 2.75) is 13.0 Å². The third kappa shape index (κ3) is 3.66. The Morgan fingerprint density at radius 3 is 2.69 bits per heavy atom. The van der Waals surface area contributed by atoms with Gasteiger partial charge in [0.25, 0.3) is 5.56 Å². The number of thiophene rings is 1. The average Bonchev–Trinajstić information content (AvgIpc) is 3.36. The Balaban J connectivity index is 1.85. The molecule has 0 fully saturated rings. The van der Waals surface area contributed by atoms with Crippen molar-refractivity contribution in [1.82, 2.24) is 4.57 Å². The van der Waals surface area contributed by atoms with Crippen molar-refractivity contribution in [3.05, 3.63) is 95.3 Å². The van der Waals surface area contributed by atoms with Gasteiger partial charge in [-0.1, -0.05) is 59.9 Å². The molecule has 0 saturated heterocycles. The summed E-state index contributed by atoms with van der Waals surface area (Å²) in [5.74, 6) is -0.470. The Morgan fingerprint density at radius 2 is 2.00 bits per heavy atom. The molecule has 0 aliphatic carbocycles. The summed E-state index contributed by atoms with van der Waals surface area (Å²) in [6, 6.07) is 13.2. The lowest BCUT2D eigenvalue weighted by atomic mass is 10.0. The third-order valence-corrected chi connectivity index (χ3v) is 6.50. The lowest BCUT2D eigenvalue weighted by Crippen LogP contribution is -2.39. The van der Waals surface area contributed by atoms with Gasteiger partial charge in [-0.2, -0.15) is 0 Å². The molecule has 146 valence electrons. The maximum Gasteiger partial charge on any atom is 0.338 e. The van der Waals surface area contributed by atoms with E-state index in [1.54, 1.807) is 17.6 Å². The van der Waals surface area contributed by atoms with Crippen LogP contribution in [0.1, 0.15) is 23.4 Å². The van der Waals surface area contributed by atoms with Crippen LogP contribution in [0.5, 0.6) is 0 Å². The number of benzene rings is 1. The van der Waals surface area contributed by atoms with E-state index in [1.807, 2.05) is 60.0 Å². The maximum atomic E-state index is 13.2. The van der Waals surface area contributed by atoms with E-state index in [2.05, 4.69) is 4.99 Å². The van der Waals surface area contributed by atoms with Crippen LogP contribution in [0.2, 0.25) is 0 Å². The number of aromatic nitrogens is 1. The minimum Gasteiger partial charge on any atom is -0.466 e. The van der Waals surface area contributed by atoms with Crippen LogP contribution in [0.4, 0.5) is 0 Å². The fourth-order valence-electron chi connectivity index (χ4n) is 3.23. The number of allylic oxidation sites excluding steroid dienone is 2. The summed E-state index contributed by atoms with van der Waals surface area (Å²) in [4.78, 5) is 31.7. The molecule has 0 radical (unpaired) electrons. The first-order valence-electron chi connectivity index (χ1n) is 8.96. The molecule has 7 heteroatoms. The van der Waals surface area contributed by atoms with Crippen LogP contribution in [0.25, 0.3) is 12.2 Å². The summed E-state index contributed by atoms with van der Waals surface area (Å²) in [5, 5.41) is 1.93. The minimum absolute atomic E-state index is 0.168. The molecule has 1 atom stereocenters. The molecule has 0 N–H and O–H groups in total. The standard InChI is InChI=1S/C22H18N2O3S2/c1-14-18(21(26)27-2)19(16-12-7-13-28-16)24-20(25)17(29-22(24)23-14)11-6-10-15-8-4-3-5-9-15/h3-13,19H,1-2H3/b10-6-,17-11?/t19-/m0/s1. The number of carbonyl (C=O) groups is 1. The number of carbonyl (C=O) groups excluding carboxylic acids is 1. The molecule has 0 amide bonds. The van der Waals surface area contributed by atoms with Crippen molar-refractivity contribution in [2.24, 2.45) is 4.99 Å². The van der Waals surface area contributed by atoms with E-state index in [0.29, 0.717) is 20.6 Å². The number of hydrogen-bond acceptors (Lipinski definition) is 6. The molecule has 0 unspecified atom stereocenters. The largest absolute Gasteiger partial charge is 0.466 e. The SMILES string of the molecule is COC(=O)C1=C(C)N=c2sc(=C/C=C\c3ccccc3)c(=O)n2[C@H]1c1cccs1. The lowest BCUT2D eigenvalue weighted by Gasteiger charge is -2.22. The van der Waals surface area contributed by atoms with E-state index in [0.717, 1.165) is 10.4 Å². The highest BCUT2D eigenvalue weighted by Crippen LogP contribution is 2.32. The second kappa shape index (κ2) is 8.14. The molecule has 0 spiro atoms. The van der Waals surface area contributed by atoms with Gasteiger partial charge < -0.3 is 4.74 Å². The van der Waals surface area contributed by atoms with Crippen molar-refractivity contribution in [3.63, 3.8) is 0 Å². The summed E-state index contributed by atoms with van der Waals surface area (Å²) in [7, 11) is 1.34. The number of methoxy groups -OCH3 is 1. The van der Waals surface area contributed by atoms with Gasteiger partial charge in [-0.25, -0.2) is 9.79 Å². The number of rotatable bonds is 4. The molecule has 1 aliphatic rings. The molecule has 5 nitrogen and oxygen atoms in total. The van der Waals surface area contributed by atoms with Crippen molar-refractivity contribution < 1.29 is 9.53 Å². The highest BCUT2D eigenvalue weighted by molar-refractivity contribution is 7.10. The van der Waals surface area contributed by atoms with E-state index < -0.39 is 12.0 Å². The predicted molar refractivity (Wildman–Crippen MR) is 116 cm³/mol. The average molecular weight is 423 g/mol. The maximum absolute atomic E-state index is 13.2. The molecule has 4 rings (SSSR count). The number of thiazole rings is 1. The monoisotopic (exact) mass is 422 g/mol. The van der Waals surface area contributed by atoms with Crippen LogP contribution in [-0.4, -0.2) is 17.6 Å². The van der Waals surface area contributed by atoms with E-state index in [4.69, 9.17) is 4.74 Å². The van der Waals surface area contributed by atoms with E-state index in [1.165, 1.54) is 29.8 Å². The van der Waals surface area contributed by atoms with Gasteiger partial charge in [-0.15, -0.1) is 11.3 Å². The van der Waals surface area contributed by atoms with Crippen LogP contribution < -0.4 is 14.9 Å². The molecular formula is C22H18N2O3S2. The second-order valence-electron chi connectivity index (χ2n) is 6.38. The molecule has 3 aromatic rings. The quantitative estimate of drug-likeness (QED) is 0.607.